The molecule has 1 N–H and O–H groups in total. The van der Waals surface area contributed by atoms with Crippen LogP contribution in [0.15, 0.2) is 24.3 Å². The van der Waals surface area contributed by atoms with Crippen molar-refractivity contribution in [3.63, 3.8) is 0 Å². The van der Waals surface area contributed by atoms with Gasteiger partial charge in [0, 0.05) is 24.2 Å². The number of rotatable bonds is 6. The smallest absolute Gasteiger partial charge is 0.124 e. The van der Waals surface area contributed by atoms with Crippen LogP contribution in [-0.2, 0) is 0 Å². The van der Waals surface area contributed by atoms with Gasteiger partial charge in [-0.1, -0.05) is 25.1 Å². The summed E-state index contributed by atoms with van der Waals surface area (Å²) in [7, 11) is 0. The van der Waals surface area contributed by atoms with Crippen LogP contribution in [0, 0.1) is 0 Å². The number of para-hydroxylation sites is 1. The Balaban J connectivity index is 2.16. The molecular weight excluding hydrogens is 248 g/mol. The Bertz CT molecular complexity index is 402. The van der Waals surface area contributed by atoms with Crippen molar-refractivity contribution < 1.29 is 4.74 Å². The van der Waals surface area contributed by atoms with E-state index in [1.165, 1.54) is 18.4 Å². The van der Waals surface area contributed by atoms with Crippen molar-refractivity contribution in [2.75, 3.05) is 26.2 Å². The van der Waals surface area contributed by atoms with Gasteiger partial charge in [-0.3, -0.25) is 4.90 Å². The van der Waals surface area contributed by atoms with E-state index >= 15 is 0 Å². The summed E-state index contributed by atoms with van der Waals surface area (Å²) in [6.07, 6.45) is 2.57. The first-order valence-electron chi connectivity index (χ1n) is 7.96. The highest BCUT2D eigenvalue weighted by Gasteiger charge is 2.26. The molecule has 1 fully saturated rings. The average molecular weight is 276 g/mol. The average Bonchev–Trinajstić information content (AvgIpc) is 2.50. The number of nitrogens with zero attached hydrogens (tertiary/aromatic N) is 1. The molecule has 2 atom stereocenters. The quantitative estimate of drug-likeness (QED) is 0.863. The molecule has 20 heavy (non-hydrogen) atoms. The van der Waals surface area contributed by atoms with Crippen molar-refractivity contribution in [2.45, 2.75) is 45.7 Å². The summed E-state index contributed by atoms with van der Waals surface area (Å²) in [5.74, 6) is 1.03. The standard InChI is InChI=1S/C17H28N2O/c1-4-19(15-9-8-12-18-13-15)14(3)16-10-6-7-11-17(16)20-5-2/h6-7,10-11,14-15,18H,4-5,8-9,12-13H2,1-3H3. The third-order valence-electron chi connectivity index (χ3n) is 4.27. The zero-order valence-electron chi connectivity index (χ0n) is 13.1. The fourth-order valence-electron chi connectivity index (χ4n) is 3.26. The fourth-order valence-corrected chi connectivity index (χ4v) is 3.26. The molecule has 2 rings (SSSR count). The maximum Gasteiger partial charge on any atom is 0.124 e. The van der Waals surface area contributed by atoms with Gasteiger partial charge in [-0.05, 0) is 45.8 Å². The zero-order valence-corrected chi connectivity index (χ0v) is 13.1. The van der Waals surface area contributed by atoms with E-state index in [0.29, 0.717) is 12.1 Å². The monoisotopic (exact) mass is 276 g/mol. The molecule has 3 nitrogen and oxygen atoms in total. The van der Waals surface area contributed by atoms with Crippen molar-refractivity contribution >= 4 is 0 Å². The van der Waals surface area contributed by atoms with Crippen molar-refractivity contribution in [3.8, 4) is 5.75 Å². The second-order valence-electron chi connectivity index (χ2n) is 5.48. The molecule has 3 heteroatoms. The molecule has 0 radical (unpaired) electrons. The van der Waals surface area contributed by atoms with Gasteiger partial charge in [-0.25, -0.2) is 0 Å². The highest BCUT2D eigenvalue weighted by atomic mass is 16.5. The van der Waals surface area contributed by atoms with Crippen LogP contribution < -0.4 is 10.1 Å². The summed E-state index contributed by atoms with van der Waals surface area (Å²) in [5, 5.41) is 3.52. The normalized spacial score (nSPS) is 20.9. The van der Waals surface area contributed by atoms with E-state index in [9.17, 15) is 0 Å². The van der Waals surface area contributed by atoms with Gasteiger partial charge in [0.15, 0.2) is 0 Å². The number of piperidine rings is 1. The summed E-state index contributed by atoms with van der Waals surface area (Å²) in [6.45, 7) is 10.7. The lowest BCUT2D eigenvalue weighted by molar-refractivity contribution is 0.126. The lowest BCUT2D eigenvalue weighted by Crippen LogP contribution is -2.46. The first kappa shape index (κ1) is 15.3. The van der Waals surface area contributed by atoms with E-state index in [0.717, 1.165) is 32.0 Å². The largest absolute Gasteiger partial charge is 0.494 e. The van der Waals surface area contributed by atoms with Crippen LogP contribution in [0.3, 0.4) is 0 Å². The molecule has 0 amide bonds. The topological polar surface area (TPSA) is 24.5 Å². The van der Waals surface area contributed by atoms with Gasteiger partial charge in [-0.2, -0.15) is 0 Å². The number of hydrogen-bond acceptors (Lipinski definition) is 3. The summed E-state index contributed by atoms with van der Waals surface area (Å²) in [6, 6.07) is 9.49. The van der Waals surface area contributed by atoms with Crippen molar-refractivity contribution in [2.24, 2.45) is 0 Å². The van der Waals surface area contributed by atoms with E-state index in [1.54, 1.807) is 0 Å². The Morgan fingerprint density at radius 1 is 1.35 bits per heavy atom. The molecule has 1 heterocycles. The Labute approximate surface area is 123 Å². The Morgan fingerprint density at radius 2 is 2.15 bits per heavy atom. The number of likely N-dealkylation sites (N-methyl/N-ethyl adjacent to an activating group) is 1. The van der Waals surface area contributed by atoms with Crippen LogP contribution in [0.1, 0.15) is 45.2 Å². The third-order valence-corrected chi connectivity index (χ3v) is 4.27. The van der Waals surface area contributed by atoms with Crippen LogP contribution >= 0.6 is 0 Å². The van der Waals surface area contributed by atoms with E-state index in [1.807, 2.05) is 6.92 Å². The molecule has 1 aromatic carbocycles. The van der Waals surface area contributed by atoms with E-state index in [2.05, 4.69) is 48.3 Å². The van der Waals surface area contributed by atoms with Crippen LogP contribution in [0.2, 0.25) is 0 Å². The SMILES string of the molecule is CCOc1ccccc1C(C)N(CC)C1CCCNC1. The van der Waals surface area contributed by atoms with Crippen LogP contribution in [0.5, 0.6) is 5.75 Å². The first-order chi connectivity index (χ1) is 9.77. The van der Waals surface area contributed by atoms with Gasteiger partial charge in [-0.15, -0.1) is 0 Å². The highest BCUT2D eigenvalue weighted by Crippen LogP contribution is 2.31. The zero-order chi connectivity index (χ0) is 14.4. The number of benzene rings is 1. The summed E-state index contributed by atoms with van der Waals surface area (Å²) < 4.78 is 5.80. The number of nitrogens with one attached hydrogen (secondary N) is 1. The van der Waals surface area contributed by atoms with Crippen molar-refractivity contribution in [3.05, 3.63) is 29.8 Å². The predicted octanol–water partition coefficient (Wildman–Crippen LogP) is 3.22. The summed E-state index contributed by atoms with van der Waals surface area (Å²) in [5.41, 5.74) is 1.31. The van der Waals surface area contributed by atoms with Gasteiger partial charge in [0.2, 0.25) is 0 Å². The van der Waals surface area contributed by atoms with E-state index in [-0.39, 0.29) is 0 Å². The summed E-state index contributed by atoms with van der Waals surface area (Å²) in [4.78, 5) is 2.60. The van der Waals surface area contributed by atoms with Crippen LogP contribution in [0.4, 0.5) is 0 Å². The second-order valence-corrected chi connectivity index (χ2v) is 5.48. The van der Waals surface area contributed by atoms with E-state index < -0.39 is 0 Å². The molecule has 0 saturated carbocycles. The van der Waals surface area contributed by atoms with Gasteiger partial charge in [0.05, 0.1) is 6.61 Å². The fraction of sp³-hybridized carbons (Fsp3) is 0.647. The van der Waals surface area contributed by atoms with E-state index in [4.69, 9.17) is 4.74 Å². The molecule has 0 spiro atoms. The third kappa shape index (κ3) is 3.53. The molecule has 0 bridgehead atoms. The molecule has 0 aromatic heterocycles. The molecule has 1 aliphatic rings. The Hall–Kier alpha value is -1.06. The molecular formula is C17H28N2O. The minimum Gasteiger partial charge on any atom is -0.494 e. The maximum absolute atomic E-state index is 5.80. The van der Waals surface area contributed by atoms with Crippen molar-refractivity contribution in [1.82, 2.24) is 10.2 Å². The minimum atomic E-state index is 0.396. The lowest BCUT2D eigenvalue weighted by Gasteiger charge is -2.38. The lowest BCUT2D eigenvalue weighted by atomic mass is 9.99. The molecule has 2 unspecified atom stereocenters. The minimum absolute atomic E-state index is 0.396. The highest BCUT2D eigenvalue weighted by molar-refractivity contribution is 5.35. The first-order valence-corrected chi connectivity index (χ1v) is 7.96. The molecule has 0 aliphatic carbocycles. The summed E-state index contributed by atoms with van der Waals surface area (Å²) >= 11 is 0. The Morgan fingerprint density at radius 3 is 2.80 bits per heavy atom. The predicted molar refractivity (Wildman–Crippen MR) is 84.3 cm³/mol. The second kappa shape index (κ2) is 7.65. The van der Waals surface area contributed by atoms with Crippen molar-refractivity contribution in [1.29, 1.82) is 0 Å². The molecule has 1 aliphatic heterocycles. The van der Waals surface area contributed by atoms with Gasteiger partial charge in [0.25, 0.3) is 0 Å². The van der Waals surface area contributed by atoms with Crippen LogP contribution in [-0.4, -0.2) is 37.2 Å². The van der Waals surface area contributed by atoms with Crippen LogP contribution in [0.25, 0.3) is 0 Å². The van der Waals surface area contributed by atoms with Gasteiger partial charge >= 0.3 is 0 Å². The number of hydrogen-bond donors (Lipinski definition) is 1. The molecule has 1 saturated heterocycles. The molecule has 112 valence electrons. The van der Waals surface area contributed by atoms with Gasteiger partial charge < -0.3 is 10.1 Å². The number of ether oxygens (including phenoxy) is 1. The Kier molecular flexibility index (Phi) is 5.86. The van der Waals surface area contributed by atoms with Gasteiger partial charge in [0.1, 0.15) is 5.75 Å². The molecule has 1 aromatic rings. The maximum atomic E-state index is 5.80.